The Morgan fingerprint density at radius 2 is 2.15 bits per heavy atom. The average Bonchev–Trinajstić information content (AvgIpc) is 2.86. The number of benzene rings is 1. The molecule has 2 aromatic rings. The molecule has 0 saturated carbocycles. The van der Waals surface area contributed by atoms with E-state index in [0.29, 0.717) is 17.1 Å². The van der Waals surface area contributed by atoms with Gasteiger partial charge in [0.25, 0.3) is 0 Å². The van der Waals surface area contributed by atoms with E-state index in [9.17, 15) is 0 Å². The molecule has 3 nitrogen and oxygen atoms in total. The molecule has 20 heavy (non-hydrogen) atoms. The van der Waals surface area contributed by atoms with Crippen LogP contribution in [0, 0.1) is 11.3 Å². The summed E-state index contributed by atoms with van der Waals surface area (Å²) in [6.07, 6.45) is 0. The number of nitriles is 1. The van der Waals surface area contributed by atoms with Crippen molar-refractivity contribution in [3.05, 3.63) is 44.9 Å². The maximum absolute atomic E-state index is 8.95. The number of aromatic nitrogens is 1. The minimum absolute atomic E-state index is 0.0805. The Balaban J connectivity index is 2.06. The highest BCUT2D eigenvalue weighted by atomic mass is 35.5. The van der Waals surface area contributed by atoms with Crippen LogP contribution in [0.5, 0.6) is 0 Å². The number of anilines is 1. The van der Waals surface area contributed by atoms with Gasteiger partial charge in [-0.1, -0.05) is 32.4 Å². The first-order chi connectivity index (χ1) is 9.40. The van der Waals surface area contributed by atoms with E-state index < -0.39 is 0 Å². The van der Waals surface area contributed by atoms with Gasteiger partial charge in [-0.3, -0.25) is 0 Å². The molecule has 1 aromatic carbocycles. The first kappa shape index (κ1) is 14.8. The lowest BCUT2D eigenvalue weighted by Crippen LogP contribution is -2.11. The number of hydrogen-bond acceptors (Lipinski definition) is 4. The van der Waals surface area contributed by atoms with E-state index in [1.54, 1.807) is 23.5 Å². The number of rotatable bonds is 3. The SMILES string of the molecule is CC(C)(C)c1nc(CNc2ccc(Cl)c(C#N)c2)cs1. The van der Waals surface area contributed by atoms with Gasteiger partial charge in [-0.15, -0.1) is 11.3 Å². The molecule has 0 amide bonds. The molecule has 0 radical (unpaired) electrons. The Bertz CT molecular complexity index is 650. The summed E-state index contributed by atoms with van der Waals surface area (Å²) >= 11 is 7.58. The predicted octanol–water partition coefficient (Wildman–Crippen LogP) is 4.58. The minimum Gasteiger partial charge on any atom is -0.379 e. The molecule has 0 unspecified atom stereocenters. The zero-order valence-electron chi connectivity index (χ0n) is 11.7. The Kier molecular flexibility index (Phi) is 4.32. The van der Waals surface area contributed by atoms with Gasteiger partial charge in [0.15, 0.2) is 0 Å². The monoisotopic (exact) mass is 305 g/mol. The maximum atomic E-state index is 8.95. The van der Waals surface area contributed by atoms with Crippen molar-refractivity contribution >= 4 is 28.6 Å². The van der Waals surface area contributed by atoms with E-state index in [1.807, 2.05) is 6.07 Å². The third-order valence-electron chi connectivity index (χ3n) is 2.75. The van der Waals surface area contributed by atoms with Gasteiger partial charge >= 0.3 is 0 Å². The number of halogens is 1. The van der Waals surface area contributed by atoms with Crippen molar-refractivity contribution in [1.29, 1.82) is 5.26 Å². The van der Waals surface area contributed by atoms with Crippen molar-refractivity contribution in [2.45, 2.75) is 32.7 Å². The molecule has 1 N–H and O–H groups in total. The summed E-state index contributed by atoms with van der Waals surface area (Å²) in [5.74, 6) is 0. The molecular weight excluding hydrogens is 290 g/mol. The van der Waals surface area contributed by atoms with Crippen molar-refractivity contribution in [1.82, 2.24) is 4.98 Å². The van der Waals surface area contributed by atoms with E-state index in [1.165, 1.54) is 0 Å². The van der Waals surface area contributed by atoms with Gasteiger partial charge in [0.2, 0.25) is 0 Å². The highest BCUT2D eigenvalue weighted by Gasteiger charge is 2.17. The summed E-state index contributed by atoms with van der Waals surface area (Å²) in [7, 11) is 0. The summed E-state index contributed by atoms with van der Waals surface area (Å²) in [5, 5.41) is 15.9. The second kappa shape index (κ2) is 5.82. The lowest BCUT2D eigenvalue weighted by atomic mass is 9.98. The predicted molar refractivity (Wildman–Crippen MR) is 84.3 cm³/mol. The second-order valence-corrected chi connectivity index (χ2v) is 6.82. The Morgan fingerprint density at radius 1 is 1.40 bits per heavy atom. The van der Waals surface area contributed by atoms with Crippen LogP contribution >= 0.6 is 22.9 Å². The maximum Gasteiger partial charge on any atom is 0.101 e. The summed E-state index contributed by atoms with van der Waals surface area (Å²) in [5.41, 5.74) is 2.44. The average molecular weight is 306 g/mol. The van der Waals surface area contributed by atoms with E-state index in [2.05, 4.69) is 42.5 Å². The van der Waals surface area contributed by atoms with Gasteiger partial charge in [-0.05, 0) is 18.2 Å². The van der Waals surface area contributed by atoms with Crippen LogP contribution in [0.4, 0.5) is 5.69 Å². The third-order valence-corrected chi connectivity index (χ3v) is 4.40. The van der Waals surface area contributed by atoms with Crippen molar-refractivity contribution in [3.8, 4) is 6.07 Å². The fraction of sp³-hybridized carbons (Fsp3) is 0.333. The first-order valence-electron chi connectivity index (χ1n) is 6.28. The van der Waals surface area contributed by atoms with E-state index >= 15 is 0 Å². The number of nitrogens with zero attached hydrogens (tertiary/aromatic N) is 2. The second-order valence-electron chi connectivity index (χ2n) is 5.55. The molecule has 1 heterocycles. The van der Waals surface area contributed by atoms with Gasteiger partial charge in [0, 0.05) is 16.5 Å². The molecular formula is C15H16ClN3S. The fourth-order valence-corrected chi connectivity index (χ4v) is 2.71. The summed E-state index contributed by atoms with van der Waals surface area (Å²) < 4.78 is 0. The van der Waals surface area contributed by atoms with Crippen molar-refractivity contribution in [2.24, 2.45) is 0 Å². The van der Waals surface area contributed by atoms with Crippen LogP contribution in [-0.4, -0.2) is 4.98 Å². The molecule has 5 heteroatoms. The quantitative estimate of drug-likeness (QED) is 0.903. The zero-order chi connectivity index (χ0) is 14.8. The molecule has 0 aliphatic carbocycles. The lowest BCUT2D eigenvalue weighted by molar-refractivity contribution is 0.583. The molecule has 0 spiro atoms. The topological polar surface area (TPSA) is 48.7 Å². The third kappa shape index (κ3) is 3.50. The van der Waals surface area contributed by atoms with Crippen LogP contribution in [0.15, 0.2) is 23.6 Å². The number of thiazole rings is 1. The Morgan fingerprint density at radius 3 is 2.75 bits per heavy atom. The molecule has 2 rings (SSSR count). The van der Waals surface area contributed by atoms with Gasteiger partial charge in [-0.2, -0.15) is 5.26 Å². The largest absolute Gasteiger partial charge is 0.379 e. The Labute approximate surface area is 128 Å². The van der Waals surface area contributed by atoms with Crippen LogP contribution in [0.25, 0.3) is 0 Å². The summed E-state index contributed by atoms with van der Waals surface area (Å²) in [6, 6.07) is 7.41. The first-order valence-corrected chi connectivity index (χ1v) is 7.54. The van der Waals surface area contributed by atoms with Crippen LogP contribution in [0.2, 0.25) is 5.02 Å². The normalized spacial score (nSPS) is 11.2. The van der Waals surface area contributed by atoms with Crippen LogP contribution in [0.1, 0.15) is 37.0 Å². The van der Waals surface area contributed by atoms with E-state index in [0.717, 1.165) is 16.4 Å². The number of nitrogens with one attached hydrogen (secondary N) is 1. The van der Waals surface area contributed by atoms with E-state index in [4.69, 9.17) is 16.9 Å². The molecule has 1 aromatic heterocycles. The van der Waals surface area contributed by atoms with Crippen LogP contribution in [0.3, 0.4) is 0 Å². The van der Waals surface area contributed by atoms with Crippen molar-refractivity contribution in [2.75, 3.05) is 5.32 Å². The van der Waals surface area contributed by atoms with Crippen molar-refractivity contribution < 1.29 is 0 Å². The molecule has 0 aliphatic rings. The summed E-state index contributed by atoms with van der Waals surface area (Å²) in [6.45, 7) is 7.10. The Hall–Kier alpha value is -1.57. The molecule has 0 atom stereocenters. The lowest BCUT2D eigenvalue weighted by Gasteiger charge is -2.13. The molecule has 0 aliphatic heterocycles. The fourth-order valence-electron chi connectivity index (χ4n) is 1.65. The highest BCUT2D eigenvalue weighted by Crippen LogP contribution is 2.26. The molecule has 0 fully saturated rings. The van der Waals surface area contributed by atoms with Crippen molar-refractivity contribution in [3.63, 3.8) is 0 Å². The standard InChI is InChI=1S/C15H16ClN3S/c1-15(2,3)14-19-12(9-20-14)8-18-11-4-5-13(16)10(6-11)7-17/h4-6,9,18H,8H2,1-3H3. The smallest absolute Gasteiger partial charge is 0.101 e. The van der Waals surface area contributed by atoms with E-state index in [-0.39, 0.29) is 5.41 Å². The zero-order valence-corrected chi connectivity index (χ0v) is 13.3. The van der Waals surface area contributed by atoms with Gasteiger partial charge in [-0.25, -0.2) is 4.98 Å². The van der Waals surface area contributed by atoms with Crippen LogP contribution < -0.4 is 5.32 Å². The minimum atomic E-state index is 0.0805. The molecule has 104 valence electrons. The van der Waals surface area contributed by atoms with Crippen LogP contribution in [-0.2, 0) is 12.0 Å². The van der Waals surface area contributed by atoms with Gasteiger partial charge < -0.3 is 5.32 Å². The molecule has 0 saturated heterocycles. The van der Waals surface area contributed by atoms with Gasteiger partial charge in [0.1, 0.15) is 6.07 Å². The molecule has 0 bridgehead atoms. The van der Waals surface area contributed by atoms with Gasteiger partial charge in [0.05, 0.1) is 27.8 Å². The number of hydrogen-bond donors (Lipinski definition) is 1. The highest BCUT2D eigenvalue weighted by molar-refractivity contribution is 7.09. The summed E-state index contributed by atoms with van der Waals surface area (Å²) in [4.78, 5) is 4.62.